The third kappa shape index (κ3) is 3.20. The van der Waals surface area contributed by atoms with Gasteiger partial charge in [0.2, 0.25) is 5.95 Å². The smallest absolute Gasteiger partial charge is 0.487 e. The van der Waals surface area contributed by atoms with E-state index in [1.54, 1.807) is 12.1 Å². The number of fused-ring (bicyclic) bond motifs is 2. The summed E-state index contributed by atoms with van der Waals surface area (Å²) in [5, 5.41) is 23.6. The molecule has 1 aliphatic heterocycles. The summed E-state index contributed by atoms with van der Waals surface area (Å²) in [5.41, 5.74) is 4.21. The second-order valence-electron chi connectivity index (χ2n) is 7.36. The van der Waals surface area contributed by atoms with Crippen molar-refractivity contribution in [2.75, 3.05) is 11.9 Å². The third-order valence-corrected chi connectivity index (χ3v) is 5.35. The molecule has 2 aromatic carbocycles. The van der Waals surface area contributed by atoms with Crippen LogP contribution >= 0.6 is 0 Å². The molecule has 0 radical (unpaired) electrons. The molecule has 0 unspecified atom stereocenters. The molecule has 0 amide bonds. The van der Waals surface area contributed by atoms with Crippen molar-refractivity contribution in [1.82, 2.24) is 14.5 Å². The molecule has 150 valence electrons. The average molecular weight is 400 g/mol. The number of rotatable bonds is 5. The van der Waals surface area contributed by atoms with Gasteiger partial charge in [0.1, 0.15) is 0 Å². The Balaban J connectivity index is 1.60. The molecular weight excluding hydrogens is 379 g/mol. The fourth-order valence-corrected chi connectivity index (χ4v) is 3.93. The summed E-state index contributed by atoms with van der Waals surface area (Å²) >= 11 is 0. The van der Waals surface area contributed by atoms with Gasteiger partial charge in [-0.25, -0.2) is 4.98 Å². The lowest BCUT2D eigenvalue weighted by molar-refractivity contribution is 0.357. The molecule has 4 aromatic rings. The molecule has 30 heavy (non-hydrogen) atoms. The zero-order valence-corrected chi connectivity index (χ0v) is 16.5. The Labute approximate surface area is 174 Å². The first-order chi connectivity index (χ1) is 14.6. The number of hydrogen-bond donors (Lipinski definition) is 3. The van der Waals surface area contributed by atoms with Crippen LogP contribution in [0.5, 0.6) is 5.75 Å². The Morgan fingerprint density at radius 2 is 1.93 bits per heavy atom. The molecule has 0 atom stereocenters. The van der Waals surface area contributed by atoms with E-state index in [9.17, 15) is 10.0 Å². The zero-order valence-electron chi connectivity index (χ0n) is 16.5. The number of hydrogen-bond acceptors (Lipinski definition) is 6. The fourth-order valence-electron chi connectivity index (χ4n) is 3.93. The highest BCUT2D eigenvalue weighted by Crippen LogP contribution is 2.33. The standard InChI is InChI=1S/C22H21BN4O3/c1-14-12-16-17(23(28)29)8-5-9-19(16)27(14)22-25-18-10-11-30-20(18)21(26-22)24-13-15-6-3-2-4-7-15/h2-9,12,28-29H,10-11,13H2,1H3,(H,24,25,26). The number of aryl methyl sites for hydroxylation is 1. The minimum Gasteiger partial charge on any atom is -0.487 e. The van der Waals surface area contributed by atoms with Crippen molar-refractivity contribution < 1.29 is 14.8 Å². The fraction of sp³-hybridized carbons (Fsp3) is 0.182. The van der Waals surface area contributed by atoms with Crippen molar-refractivity contribution >= 4 is 29.3 Å². The second-order valence-corrected chi connectivity index (χ2v) is 7.36. The van der Waals surface area contributed by atoms with Crippen molar-refractivity contribution in [3.05, 3.63) is 71.5 Å². The summed E-state index contributed by atoms with van der Waals surface area (Å²) in [4.78, 5) is 9.54. The van der Waals surface area contributed by atoms with Crippen molar-refractivity contribution in [2.45, 2.75) is 19.9 Å². The Bertz CT molecular complexity index is 1220. The highest BCUT2D eigenvalue weighted by Gasteiger charge is 2.24. The van der Waals surface area contributed by atoms with Gasteiger partial charge in [-0.05, 0) is 30.1 Å². The molecular formula is C22H21BN4O3. The van der Waals surface area contributed by atoms with Crippen molar-refractivity contribution in [3.63, 3.8) is 0 Å². The van der Waals surface area contributed by atoms with Gasteiger partial charge in [0, 0.05) is 24.0 Å². The Hall–Kier alpha value is -3.36. The van der Waals surface area contributed by atoms with Gasteiger partial charge in [-0.2, -0.15) is 4.98 Å². The minimum absolute atomic E-state index is 0.460. The summed E-state index contributed by atoms with van der Waals surface area (Å²) in [6, 6.07) is 17.5. The van der Waals surface area contributed by atoms with E-state index in [1.165, 1.54) is 0 Å². The van der Waals surface area contributed by atoms with Crippen LogP contribution in [0.3, 0.4) is 0 Å². The topological polar surface area (TPSA) is 92.4 Å². The number of ether oxygens (including phenoxy) is 1. The number of nitrogens with one attached hydrogen (secondary N) is 1. The molecule has 8 heteroatoms. The summed E-state index contributed by atoms with van der Waals surface area (Å²) in [6.07, 6.45) is 0.726. The van der Waals surface area contributed by atoms with Crippen LogP contribution in [0.2, 0.25) is 0 Å². The maximum Gasteiger partial charge on any atom is 0.489 e. The van der Waals surface area contributed by atoms with Crippen molar-refractivity contribution in [1.29, 1.82) is 0 Å². The molecule has 0 spiro atoms. The monoisotopic (exact) mass is 400 g/mol. The van der Waals surface area contributed by atoms with Crippen LogP contribution in [0.4, 0.5) is 5.82 Å². The van der Waals surface area contributed by atoms with Crippen LogP contribution in [0.15, 0.2) is 54.6 Å². The average Bonchev–Trinajstić information content (AvgIpc) is 3.35. The van der Waals surface area contributed by atoms with E-state index in [1.807, 2.05) is 41.8 Å². The lowest BCUT2D eigenvalue weighted by Gasteiger charge is -2.13. The summed E-state index contributed by atoms with van der Waals surface area (Å²) in [7, 11) is -1.54. The predicted molar refractivity (Wildman–Crippen MR) is 116 cm³/mol. The molecule has 3 N–H and O–H groups in total. The van der Waals surface area contributed by atoms with E-state index >= 15 is 0 Å². The lowest BCUT2D eigenvalue weighted by Crippen LogP contribution is -2.30. The van der Waals surface area contributed by atoms with Gasteiger partial charge < -0.3 is 20.1 Å². The normalized spacial score (nSPS) is 12.6. The third-order valence-electron chi connectivity index (χ3n) is 5.35. The molecule has 0 saturated heterocycles. The molecule has 7 nitrogen and oxygen atoms in total. The van der Waals surface area contributed by atoms with E-state index < -0.39 is 7.12 Å². The Morgan fingerprint density at radius 1 is 1.10 bits per heavy atom. The van der Waals surface area contributed by atoms with Gasteiger partial charge >= 0.3 is 7.12 Å². The SMILES string of the molecule is Cc1cc2c(B(O)O)cccc2n1-c1nc2c(c(NCc3ccccc3)n1)OCC2. The zero-order chi connectivity index (χ0) is 20.7. The van der Waals surface area contributed by atoms with Crippen LogP contribution in [-0.4, -0.2) is 38.3 Å². The summed E-state index contributed by atoms with van der Waals surface area (Å²) in [5.74, 6) is 1.90. The quantitative estimate of drug-likeness (QED) is 0.444. The summed E-state index contributed by atoms with van der Waals surface area (Å²) < 4.78 is 7.73. The van der Waals surface area contributed by atoms with Crippen LogP contribution < -0.4 is 15.5 Å². The molecule has 5 rings (SSSR count). The van der Waals surface area contributed by atoms with Crippen LogP contribution in [0, 0.1) is 6.92 Å². The molecule has 0 saturated carbocycles. The first kappa shape index (κ1) is 18.7. The van der Waals surface area contributed by atoms with E-state index in [0.717, 1.165) is 34.3 Å². The van der Waals surface area contributed by atoms with Gasteiger partial charge in [0.25, 0.3) is 0 Å². The molecule has 3 heterocycles. The van der Waals surface area contributed by atoms with Gasteiger partial charge in [0.05, 0.1) is 17.8 Å². The number of benzene rings is 2. The van der Waals surface area contributed by atoms with E-state index in [-0.39, 0.29) is 0 Å². The van der Waals surface area contributed by atoms with E-state index in [0.29, 0.717) is 36.1 Å². The van der Waals surface area contributed by atoms with Gasteiger partial charge in [-0.1, -0.05) is 42.5 Å². The molecule has 0 bridgehead atoms. The van der Waals surface area contributed by atoms with Crippen LogP contribution in [0.25, 0.3) is 16.9 Å². The number of nitrogens with zero attached hydrogens (tertiary/aromatic N) is 3. The molecule has 0 aliphatic carbocycles. The molecule has 0 fully saturated rings. The largest absolute Gasteiger partial charge is 0.489 e. The van der Waals surface area contributed by atoms with Crippen LogP contribution in [-0.2, 0) is 13.0 Å². The maximum absolute atomic E-state index is 9.73. The first-order valence-corrected chi connectivity index (χ1v) is 9.91. The van der Waals surface area contributed by atoms with Crippen molar-refractivity contribution in [3.8, 4) is 11.7 Å². The summed E-state index contributed by atoms with van der Waals surface area (Å²) in [6.45, 7) is 3.16. The number of anilines is 1. The highest BCUT2D eigenvalue weighted by molar-refractivity contribution is 6.61. The predicted octanol–water partition coefficient (Wildman–Crippen LogP) is 1.96. The Kier molecular flexibility index (Phi) is 4.65. The second kappa shape index (κ2) is 7.48. The van der Waals surface area contributed by atoms with E-state index in [4.69, 9.17) is 14.7 Å². The highest BCUT2D eigenvalue weighted by atomic mass is 16.5. The minimum atomic E-state index is -1.54. The maximum atomic E-state index is 9.73. The van der Waals surface area contributed by atoms with E-state index in [2.05, 4.69) is 17.4 Å². The van der Waals surface area contributed by atoms with Crippen LogP contribution in [0.1, 0.15) is 17.0 Å². The molecule has 1 aliphatic rings. The van der Waals surface area contributed by atoms with Crippen molar-refractivity contribution in [2.24, 2.45) is 0 Å². The van der Waals surface area contributed by atoms with Gasteiger partial charge in [-0.15, -0.1) is 0 Å². The lowest BCUT2D eigenvalue weighted by atomic mass is 9.78. The first-order valence-electron chi connectivity index (χ1n) is 9.91. The van der Waals surface area contributed by atoms with Gasteiger partial charge in [-0.3, -0.25) is 4.57 Å². The van der Waals surface area contributed by atoms with Gasteiger partial charge in [0.15, 0.2) is 11.6 Å². The molecule has 2 aromatic heterocycles. The Morgan fingerprint density at radius 3 is 2.73 bits per heavy atom. The number of aromatic nitrogens is 3.